The van der Waals surface area contributed by atoms with Crippen LogP contribution in [0.1, 0.15) is 13.8 Å². The summed E-state index contributed by atoms with van der Waals surface area (Å²) in [6, 6.07) is 0.261. The molecular weight excluding hydrogens is 190 g/mol. The van der Waals surface area contributed by atoms with Crippen LogP contribution in [0.5, 0.6) is 0 Å². The molecule has 1 heterocycles. The molecule has 1 rings (SSSR count). The minimum Gasteiger partial charge on any atom is -0.298 e. The van der Waals surface area contributed by atoms with Crippen LogP contribution in [-0.2, 0) is 10.2 Å². The second-order valence-corrected chi connectivity index (χ2v) is 4.93. The molecule has 0 aliphatic carbocycles. The van der Waals surface area contributed by atoms with E-state index in [0.29, 0.717) is 13.1 Å². The average Bonchev–Trinajstić information content (AvgIpc) is 2.02. The highest BCUT2D eigenvalue weighted by molar-refractivity contribution is 7.86. The lowest BCUT2D eigenvalue weighted by molar-refractivity contribution is 0.136. The predicted molar refractivity (Wildman–Crippen MR) is 51.4 cm³/mol. The van der Waals surface area contributed by atoms with E-state index in [9.17, 15) is 8.42 Å². The topological polar surface area (TPSA) is 66.6 Å². The molecule has 0 radical (unpaired) electrons. The maximum Gasteiger partial charge on any atom is 0.276 e. The van der Waals surface area contributed by atoms with Crippen LogP contribution in [0.15, 0.2) is 0 Å². The summed E-state index contributed by atoms with van der Waals surface area (Å²) < 4.78 is 23.4. The number of nitrogens with zero attached hydrogens (tertiary/aromatic N) is 2. The van der Waals surface area contributed by atoms with Crippen molar-refractivity contribution < 1.29 is 8.42 Å². The van der Waals surface area contributed by atoms with Crippen molar-refractivity contribution >= 4 is 10.2 Å². The number of hydrogen-bond acceptors (Lipinski definition) is 3. The first-order valence-corrected chi connectivity index (χ1v) is 5.97. The van der Waals surface area contributed by atoms with Gasteiger partial charge in [0.25, 0.3) is 10.2 Å². The molecule has 1 aliphatic rings. The van der Waals surface area contributed by atoms with Crippen LogP contribution in [-0.4, -0.2) is 49.8 Å². The Morgan fingerprint density at radius 1 is 1.46 bits per heavy atom. The summed E-state index contributed by atoms with van der Waals surface area (Å²) in [6.07, 6.45) is 0. The Morgan fingerprint density at radius 3 is 2.46 bits per heavy atom. The second kappa shape index (κ2) is 3.91. The molecule has 0 aromatic carbocycles. The van der Waals surface area contributed by atoms with Gasteiger partial charge in [-0.05, 0) is 13.5 Å². The third-order valence-corrected chi connectivity index (χ3v) is 3.55. The Morgan fingerprint density at radius 2 is 2.08 bits per heavy atom. The first-order valence-electron chi connectivity index (χ1n) is 4.47. The minimum atomic E-state index is -3.48. The highest BCUT2D eigenvalue weighted by Crippen LogP contribution is 2.10. The van der Waals surface area contributed by atoms with E-state index in [1.807, 2.05) is 6.92 Å². The number of likely N-dealkylation sites (N-methyl/N-ethyl adjacent to an activating group) is 1. The molecule has 1 unspecified atom stereocenters. The zero-order valence-electron chi connectivity index (χ0n) is 8.10. The van der Waals surface area contributed by atoms with Gasteiger partial charge in [-0.25, -0.2) is 5.14 Å². The van der Waals surface area contributed by atoms with Gasteiger partial charge < -0.3 is 0 Å². The fraction of sp³-hybridized carbons (Fsp3) is 1.00. The first-order chi connectivity index (χ1) is 5.95. The fourth-order valence-electron chi connectivity index (χ4n) is 1.66. The number of rotatable bonds is 2. The molecule has 1 fully saturated rings. The zero-order chi connectivity index (χ0) is 10.1. The van der Waals surface area contributed by atoms with Crippen molar-refractivity contribution in [1.82, 2.24) is 9.21 Å². The van der Waals surface area contributed by atoms with E-state index in [-0.39, 0.29) is 6.04 Å². The molecule has 0 aromatic heterocycles. The van der Waals surface area contributed by atoms with Gasteiger partial charge in [0.15, 0.2) is 0 Å². The maximum atomic E-state index is 11.0. The van der Waals surface area contributed by atoms with Crippen LogP contribution in [0.2, 0.25) is 0 Å². The molecule has 0 saturated carbocycles. The van der Waals surface area contributed by atoms with E-state index >= 15 is 0 Å². The van der Waals surface area contributed by atoms with Gasteiger partial charge in [0.05, 0.1) is 0 Å². The third-order valence-electron chi connectivity index (χ3n) is 2.49. The Bertz CT molecular complexity index is 265. The predicted octanol–water partition coefficient (Wildman–Crippen LogP) is -0.784. The van der Waals surface area contributed by atoms with Crippen LogP contribution < -0.4 is 5.14 Å². The molecule has 78 valence electrons. The van der Waals surface area contributed by atoms with E-state index in [4.69, 9.17) is 5.14 Å². The van der Waals surface area contributed by atoms with Gasteiger partial charge in [0.1, 0.15) is 0 Å². The average molecular weight is 207 g/mol. The Labute approximate surface area is 79.7 Å². The van der Waals surface area contributed by atoms with Crippen LogP contribution in [0, 0.1) is 0 Å². The van der Waals surface area contributed by atoms with Crippen LogP contribution in [0.3, 0.4) is 0 Å². The van der Waals surface area contributed by atoms with Gasteiger partial charge in [-0.3, -0.25) is 4.90 Å². The third kappa shape index (κ3) is 2.63. The second-order valence-electron chi connectivity index (χ2n) is 3.38. The zero-order valence-corrected chi connectivity index (χ0v) is 8.92. The van der Waals surface area contributed by atoms with Crippen molar-refractivity contribution in [3.63, 3.8) is 0 Å². The lowest BCUT2D eigenvalue weighted by Gasteiger charge is -2.37. The lowest BCUT2D eigenvalue weighted by Crippen LogP contribution is -2.54. The Balaban J connectivity index is 2.61. The summed E-state index contributed by atoms with van der Waals surface area (Å²) in [7, 11) is -3.48. The van der Waals surface area contributed by atoms with E-state index in [0.717, 1.165) is 13.1 Å². The summed E-state index contributed by atoms with van der Waals surface area (Å²) in [4.78, 5) is 2.24. The molecule has 1 saturated heterocycles. The molecule has 0 amide bonds. The van der Waals surface area contributed by atoms with Crippen molar-refractivity contribution in [1.29, 1.82) is 0 Å². The summed E-state index contributed by atoms with van der Waals surface area (Å²) in [5, 5.41) is 5.04. The normalized spacial score (nSPS) is 27.8. The highest BCUT2D eigenvalue weighted by atomic mass is 32.2. The van der Waals surface area contributed by atoms with E-state index in [1.165, 1.54) is 4.31 Å². The molecule has 1 aliphatic heterocycles. The van der Waals surface area contributed by atoms with Crippen molar-refractivity contribution in [3.05, 3.63) is 0 Å². The number of nitrogens with two attached hydrogens (primary N) is 1. The van der Waals surface area contributed by atoms with E-state index in [1.54, 1.807) is 0 Å². The van der Waals surface area contributed by atoms with Gasteiger partial charge >= 0.3 is 0 Å². The maximum absolute atomic E-state index is 11.0. The van der Waals surface area contributed by atoms with Crippen LogP contribution in [0.4, 0.5) is 0 Å². The molecular formula is C7H17N3O2S. The van der Waals surface area contributed by atoms with E-state index < -0.39 is 10.2 Å². The molecule has 2 N–H and O–H groups in total. The molecule has 1 atom stereocenters. The van der Waals surface area contributed by atoms with Crippen molar-refractivity contribution in [2.24, 2.45) is 5.14 Å². The number of piperazine rings is 1. The fourth-order valence-corrected chi connectivity index (χ4v) is 2.42. The van der Waals surface area contributed by atoms with Crippen LogP contribution in [0.25, 0.3) is 0 Å². The molecule has 5 nitrogen and oxygen atoms in total. The summed E-state index contributed by atoms with van der Waals surface area (Å²) in [5.74, 6) is 0. The van der Waals surface area contributed by atoms with Gasteiger partial charge in [-0.15, -0.1) is 0 Å². The molecule has 6 heteroatoms. The summed E-state index contributed by atoms with van der Waals surface area (Å²) in [5.41, 5.74) is 0. The lowest BCUT2D eigenvalue weighted by atomic mass is 10.2. The molecule has 13 heavy (non-hydrogen) atoms. The Kier molecular flexibility index (Phi) is 3.28. The highest BCUT2D eigenvalue weighted by Gasteiger charge is 2.27. The van der Waals surface area contributed by atoms with Crippen LogP contribution >= 0.6 is 0 Å². The van der Waals surface area contributed by atoms with Crippen molar-refractivity contribution in [2.45, 2.75) is 19.9 Å². The molecule has 0 bridgehead atoms. The quantitative estimate of drug-likeness (QED) is 0.645. The van der Waals surface area contributed by atoms with E-state index in [2.05, 4.69) is 11.8 Å². The molecule has 0 aromatic rings. The SMILES string of the molecule is CCN1CCN(S(N)(=O)=O)CC1C. The largest absolute Gasteiger partial charge is 0.298 e. The van der Waals surface area contributed by atoms with Gasteiger partial charge in [-0.1, -0.05) is 6.92 Å². The van der Waals surface area contributed by atoms with Gasteiger partial charge in [0.2, 0.25) is 0 Å². The Hall–Kier alpha value is -0.170. The number of hydrogen-bond donors (Lipinski definition) is 1. The van der Waals surface area contributed by atoms with Gasteiger partial charge in [0, 0.05) is 25.7 Å². The van der Waals surface area contributed by atoms with Gasteiger partial charge in [-0.2, -0.15) is 12.7 Å². The smallest absolute Gasteiger partial charge is 0.276 e. The first kappa shape index (κ1) is 10.9. The summed E-state index contributed by atoms with van der Waals surface area (Å²) >= 11 is 0. The van der Waals surface area contributed by atoms with Crippen molar-refractivity contribution in [2.75, 3.05) is 26.2 Å². The molecule has 0 spiro atoms. The standard InChI is InChI=1S/C7H17N3O2S/c1-3-9-4-5-10(6-7(9)2)13(8,11)12/h7H,3-6H2,1-2H3,(H2,8,11,12). The monoisotopic (exact) mass is 207 g/mol. The minimum absolute atomic E-state index is 0.261. The summed E-state index contributed by atoms with van der Waals surface area (Å²) in [6.45, 7) is 6.83. The van der Waals surface area contributed by atoms with Crippen molar-refractivity contribution in [3.8, 4) is 0 Å².